The van der Waals surface area contributed by atoms with Crippen molar-refractivity contribution < 1.29 is 8.42 Å². The molecule has 0 amide bonds. The van der Waals surface area contributed by atoms with Crippen molar-refractivity contribution >= 4 is 10.0 Å². The lowest BCUT2D eigenvalue weighted by atomic mass is 10.1. The second-order valence-electron chi connectivity index (χ2n) is 5.20. The summed E-state index contributed by atoms with van der Waals surface area (Å²) in [6, 6.07) is 1.74. The Hall–Kier alpha value is -1.74. The van der Waals surface area contributed by atoms with Crippen LogP contribution in [-0.4, -0.2) is 33.0 Å². The standard InChI is InChI=1S/C10H16N6O2S/c1-10(2,3)16-8(7-5-6-12-15(7)4)13-14-9(16)19(11,17)18/h5-6H,1-4H3,(H2,11,17,18). The van der Waals surface area contributed by atoms with Crippen molar-refractivity contribution in [3.8, 4) is 11.5 Å². The van der Waals surface area contributed by atoms with Gasteiger partial charge >= 0.3 is 0 Å². The Balaban J connectivity index is 2.79. The molecule has 0 aromatic carbocycles. The highest BCUT2D eigenvalue weighted by Gasteiger charge is 2.30. The Labute approximate surface area is 111 Å². The Bertz CT molecular complexity index is 707. The van der Waals surface area contributed by atoms with Crippen molar-refractivity contribution in [3.63, 3.8) is 0 Å². The van der Waals surface area contributed by atoms with E-state index in [1.807, 2.05) is 20.8 Å². The van der Waals surface area contributed by atoms with Gasteiger partial charge < -0.3 is 0 Å². The van der Waals surface area contributed by atoms with Crippen molar-refractivity contribution in [2.45, 2.75) is 31.5 Å². The van der Waals surface area contributed by atoms with E-state index in [2.05, 4.69) is 15.3 Å². The number of aryl methyl sites for hydroxylation is 1. The van der Waals surface area contributed by atoms with E-state index < -0.39 is 15.6 Å². The predicted molar refractivity (Wildman–Crippen MR) is 68.6 cm³/mol. The van der Waals surface area contributed by atoms with Gasteiger partial charge in [-0.3, -0.25) is 9.25 Å². The minimum Gasteiger partial charge on any atom is -0.290 e. The van der Waals surface area contributed by atoms with E-state index in [4.69, 9.17) is 5.14 Å². The lowest BCUT2D eigenvalue weighted by Gasteiger charge is -2.24. The Morgan fingerprint density at radius 1 is 1.26 bits per heavy atom. The van der Waals surface area contributed by atoms with Gasteiger partial charge in [-0.05, 0) is 26.8 Å². The van der Waals surface area contributed by atoms with Gasteiger partial charge in [-0.1, -0.05) is 0 Å². The lowest BCUT2D eigenvalue weighted by Crippen LogP contribution is -2.29. The van der Waals surface area contributed by atoms with Crippen LogP contribution in [-0.2, 0) is 22.6 Å². The summed E-state index contributed by atoms with van der Waals surface area (Å²) in [5, 5.41) is 16.6. The molecule has 2 aromatic heterocycles. The first kappa shape index (κ1) is 13.7. The molecule has 0 radical (unpaired) electrons. The number of primary sulfonamides is 1. The van der Waals surface area contributed by atoms with Gasteiger partial charge in [-0.2, -0.15) is 5.10 Å². The zero-order valence-electron chi connectivity index (χ0n) is 11.2. The van der Waals surface area contributed by atoms with Crippen LogP contribution < -0.4 is 5.14 Å². The highest BCUT2D eigenvalue weighted by atomic mass is 32.2. The smallest absolute Gasteiger partial charge is 0.273 e. The van der Waals surface area contributed by atoms with Gasteiger partial charge in [0.15, 0.2) is 5.82 Å². The fourth-order valence-corrected chi connectivity index (χ4v) is 2.59. The van der Waals surface area contributed by atoms with Crippen LogP contribution >= 0.6 is 0 Å². The molecule has 0 saturated carbocycles. The van der Waals surface area contributed by atoms with E-state index in [-0.39, 0.29) is 5.16 Å². The van der Waals surface area contributed by atoms with E-state index in [1.165, 1.54) is 4.57 Å². The molecule has 2 aromatic rings. The van der Waals surface area contributed by atoms with Crippen molar-refractivity contribution in [3.05, 3.63) is 12.3 Å². The summed E-state index contributed by atoms with van der Waals surface area (Å²) in [4.78, 5) is 0. The third kappa shape index (κ3) is 2.38. The summed E-state index contributed by atoms with van der Waals surface area (Å²) in [5.74, 6) is 0.413. The van der Waals surface area contributed by atoms with E-state index in [9.17, 15) is 8.42 Å². The first-order valence-electron chi connectivity index (χ1n) is 5.59. The highest BCUT2D eigenvalue weighted by molar-refractivity contribution is 7.89. The summed E-state index contributed by atoms with van der Waals surface area (Å²) in [7, 11) is -2.20. The molecule has 0 aliphatic heterocycles. The summed E-state index contributed by atoms with van der Waals surface area (Å²) in [6.07, 6.45) is 1.60. The van der Waals surface area contributed by atoms with Gasteiger partial charge in [0, 0.05) is 18.8 Å². The first-order valence-corrected chi connectivity index (χ1v) is 7.14. The fraction of sp³-hybridized carbons (Fsp3) is 0.500. The van der Waals surface area contributed by atoms with Crippen molar-refractivity contribution in [2.24, 2.45) is 12.2 Å². The Kier molecular flexibility index (Phi) is 2.98. The molecular formula is C10H16N6O2S. The van der Waals surface area contributed by atoms with Crippen LogP contribution in [0.5, 0.6) is 0 Å². The van der Waals surface area contributed by atoms with E-state index in [1.54, 1.807) is 24.0 Å². The second-order valence-corrected chi connectivity index (χ2v) is 6.65. The number of hydrogen-bond acceptors (Lipinski definition) is 5. The lowest BCUT2D eigenvalue weighted by molar-refractivity contribution is 0.365. The molecule has 0 saturated heterocycles. The number of sulfonamides is 1. The molecule has 104 valence electrons. The maximum Gasteiger partial charge on any atom is 0.273 e. The largest absolute Gasteiger partial charge is 0.290 e. The van der Waals surface area contributed by atoms with Gasteiger partial charge in [0.1, 0.15) is 5.69 Å². The summed E-state index contributed by atoms with van der Waals surface area (Å²) >= 11 is 0. The maximum absolute atomic E-state index is 11.6. The molecule has 9 heteroatoms. The minimum absolute atomic E-state index is 0.254. The molecule has 0 atom stereocenters. The summed E-state index contributed by atoms with van der Waals surface area (Å²) < 4.78 is 26.3. The average Bonchev–Trinajstić information content (AvgIpc) is 2.79. The molecule has 2 heterocycles. The molecule has 0 aliphatic carbocycles. The molecule has 0 bridgehead atoms. The van der Waals surface area contributed by atoms with E-state index in [0.717, 1.165) is 0 Å². The number of hydrogen-bond donors (Lipinski definition) is 1. The van der Waals surface area contributed by atoms with Crippen molar-refractivity contribution in [2.75, 3.05) is 0 Å². The number of nitrogens with zero attached hydrogens (tertiary/aromatic N) is 5. The normalized spacial score (nSPS) is 12.9. The van der Waals surface area contributed by atoms with Gasteiger partial charge in [0.2, 0.25) is 0 Å². The predicted octanol–water partition coefficient (Wildman–Crippen LogP) is 0.0810. The quantitative estimate of drug-likeness (QED) is 0.840. The monoisotopic (exact) mass is 284 g/mol. The molecule has 2 N–H and O–H groups in total. The molecule has 0 spiro atoms. The molecular weight excluding hydrogens is 268 g/mol. The summed E-state index contributed by atoms with van der Waals surface area (Å²) in [5.41, 5.74) is 0.127. The summed E-state index contributed by atoms with van der Waals surface area (Å²) in [6.45, 7) is 5.56. The number of nitrogens with two attached hydrogens (primary N) is 1. The van der Waals surface area contributed by atoms with Crippen LogP contribution in [0.4, 0.5) is 0 Å². The zero-order chi connectivity index (χ0) is 14.4. The Morgan fingerprint density at radius 2 is 1.89 bits per heavy atom. The molecule has 0 aliphatic rings. The van der Waals surface area contributed by atoms with Crippen LogP contribution in [0.3, 0.4) is 0 Å². The topological polar surface area (TPSA) is 109 Å². The Morgan fingerprint density at radius 3 is 2.32 bits per heavy atom. The van der Waals surface area contributed by atoms with E-state index in [0.29, 0.717) is 11.5 Å². The van der Waals surface area contributed by atoms with Gasteiger partial charge in [-0.15, -0.1) is 10.2 Å². The molecule has 0 fully saturated rings. The molecule has 0 unspecified atom stereocenters. The number of aromatic nitrogens is 5. The van der Waals surface area contributed by atoms with E-state index >= 15 is 0 Å². The molecule has 19 heavy (non-hydrogen) atoms. The van der Waals surface area contributed by atoms with Crippen LogP contribution in [0.1, 0.15) is 20.8 Å². The zero-order valence-corrected chi connectivity index (χ0v) is 12.0. The van der Waals surface area contributed by atoms with Crippen LogP contribution in [0.25, 0.3) is 11.5 Å². The molecule has 8 nitrogen and oxygen atoms in total. The SMILES string of the molecule is Cn1nccc1-c1nnc(S(N)(=O)=O)n1C(C)(C)C. The highest BCUT2D eigenvalue weighted by Crippen LogP contribution is 2.26. The average molecular weight is 284 g/mol. The van der Waals surface area contributed by atoms with Crippen LogP contribution in [0, 0.1) is 0 Å². The fourth-order valence-electron chi connectivity index (χ4n) is 1.82. The molecule has 2 rings (SSSR count). The first-order chi connectivity index (χ1) is 8.62. The minimum atomic E-state index is -3.94. The third-order valence-electron chi connectivity index (χ3n) is 2.61. The third-order valence-corrected chi connectivity index (χ3v) is 3.38. The second kappa shape index (κ2) is 4.14. The van der Waals surface area contributed by atoms with Crippen molar-refractivity contribution in [1.29, 1.82) is 0 Å². The number of rotatable bonds is 2. The van der Waals surface area contributed by atoms with Crippen LogP contribution in [0.15, 0.2) is 17.4 Å². The van der Waals surface area contributed by atoms with Gasteiger partial charge in [0.05, 0.1) is 0 Å². The van der Waals surface area contributed by atoms with Crippen molar-refractivity contribution in [1.82, 2.24) is 24.5 Å². The maximum atomic E-state index is 11.6. The van der Waals surface area contributed by atoms with Crippen LogP contribution in [0.2, 0.25) is 0 Å². The van der Waals surface area contributed by atoms with Gasteiger partial charge in [-0.25, -0.2) is 13.6 Å². The van der Waals surface area contributed by atoms with Gasteiger partial charge in [0.25, 0.3) is 15.2 Å².